The summed E-state index contributed by atoms with van der Waals surface area (Å²) in [4.78, 5) is 26.3. The maximum absolute atomic E-state index is 12.3. The molecule has 288 valence electrons. The number of nitriles is 1. The number of aliphatic hydroxyl groups excluding tert-OH is 1. The van der Waals surface area contributed by atoms with Gasteiger partial charge in [-0.05, 0) is 91.1 Å². The lowest BCUT2D eigenvalue weighted by Gasteiger charge is -2.24. The number of carbonyl (C=O) groups is 1. The monoisotopic (exact) mass is 793 g/mol. The van der Waals surface area contributed by atoms with Crippen LogP contribution in [0.3, 0.4) is 0 Å². The number of hydrogen-bond acceptors (Lipinski definition) is 11. The number of aromatic nitrogens is 2. The number of pyridine rings is 1. The Morgan fingerprint density at radius 2 is 1.75 bits per heavy atom. The molecule has 3 aromatic carbocycles. The van der Waals surface area contributed by atoms with E-state index in [2.05, 4.69) is 33.0 Å². The number of carbonyl (C=O) groups excluding carboxylic acids is 1. The third-order valence-electron chi connectivity index (χ3n) is 12.0. The Hall–Kier alpha value is -4.70. The second-order valence-electron chi connectivity index (χ2n) is 15.2. The first-order chi connectivity index (χ1) is 27.2. The number of halogens is 2. The third kappa shape index (κ3) is 6.47. The first-order valence-electron chi connectivity index (χ1n) is 19.1. The van der Waals surface area contributed by atoms with Gasteiger partial charge in [0.1, 0.15) is 28.3 Å². The van der Waals surface area contributed by atoms with E-state index in [-0.39, 0.29) is 30.1 Å². The summed E-state index contributed by atoms with van der Waals surface area (Å²) in [5.41, 5.74) is 9.13. The molecular formula is C43H41Cl2N5O6. The molecule has 56 heavy (non-hydrogen) atoms. The maximum Gasteiger partial charge on any atom is 0.310 e. The van der Waals surface area contributed by atoms with Crippen LogP contribution in [-0.2, 0) is 28.9 Å². The van der Waals surface area contributed by atoms with E-state index in [1.54, 1.807) is 7.11 Å². The summed E-state index contributed by atoms with van der Waals surface area (Å²) in [7, 11) is 3.02. The number of rotatable bonds is 9. The van der Waals surface area contributed by atoms with Crippen molar-refractivity contribution < 1.29 is 28.5 Å². The highest BCUT2D eigenvalue weighted by Gasteiger charge is 2.38. The van der Waals surface area contributed by atoms with Crippen molar-refractivity contribution in [1.82, 2.24) is 19.8 Å². The van der Waals surface area contributed by atoms with E-state index in [4.69, 9.17) is 46.8 Å². The van der Waals surface area contributed by atoms with Crippen LogP contribution >= 0.6 is 23.2 Å². The standard InChI is InChI=1S/C43H41Cl2N5O6/c1-53-40-24(20-49-15-14-25(51)22-49)17-34(44)42(48-40)55-37-12-10-27-26(5-3-6-29(27)37)30-7-4-8-31(38(30)45)41-47-35-18-32-28(33(19-46)39(35)56-41)9-11-36(32)50-16-13-23(21-50)43(52)54-2/h3-8,17-18,23,25,36-37,51H,9-16,20-22H2,1-2H3/t23-,25-,36?,37+/m1/s1. The molecule has 4 heterocycles. The number of β-amino-alcohol motifs (C(OH)–C–C–N with tert-alkyl or cyclic N) is 1. The minimum absolute atomic E-state index is 0.0972. The number of aliphatic hydroxyl groups is 1. The van der Waals surface area contributed by atoms with Crippen LogP contribution in [0.15, 0.2) is 52.9 Å². The number of fused-ring (bicyclic) bond motifs is 3. The number of benzene rings is 3. The van der Waals surface area contributed by atoms with E-state index < -0.39 is 0 Å². The molecule has 4 atom stereocenters. The van der Waals surface area contributed by atoms with E-state index in [0.29, 0.717) is 69.6 Å². The van der Waals surface area contributed by atoms with Gasteiger partial charge in [0.2, 0.25) is 17.7 Å². The Morgan fingerprint density at radius 1 is 0.946 bits per heavy atom. The van der Waals surface area contributed by atoms with Gasteiger partial charge in [0.05, 0.1) is 36.8 Å². The molecule has 0 radical (unpaired) electrons. The van der Waals surface area contributed by atoms with Gasteiger partial charge in [0.15, 0.2) is 5.58 Å². The van der Waals surface area contributed by atoms with Crippen molar-refractivity contribution in [3.05, 3.63) is 92.0 Å². The largest absolute Gasteiger partial charge is 0.481 e. The molecule has 13 heteroatoms. The number of methoxy groups -OCH3 is 2. The van der Waals surface area contributed by atoms with Gasteiger partial charge in [-0.15, -0.1) is 0 Å². The fourth-order valence-electron chi connectivity index (χ4n) is 9.26. The molecular weight excluding hydrogens is 753 g/mol. The summed E-state index contributed by atoms with van der Waals surface area (Å²) in [6, 6.07) is 18.4. The molecule has 2 aromatic heterocycles. The zero-order valence-corrected chi connectivity index (χ0v) is 32.7. The number of nitrogens with zero attached hydrogens (tertiary/aromatic N) is 5. The van der Waals surface area contributed by atoms with E-state index in [0.717, 1.165) is 90.6 Å². The number of likely N-dealkylation sites (tertiary alicyclic amines) is 2. The highest BCUT2D eigenvalue weighted by Crippen LogP contribution is 2.47. The number of ether oxygens (including phenoxy) is 3. The number of oxazole rings is 1. The van der Waals surface area contributed by atoms with Crippen LogP contribution < -0.4 is 9.47 Å². The Balaban J connectivity index is 0.993. The quantitative estimate of drug-likeness (QED) is 0.146. The van der Waals surface area contributed by atoms with Crippen LogP contribution in [0, 0.1) is 17.2 Å². The van der Waals surface area contributed by atoms with Gasteiger partial charge in [-0.25, -0.2) is 4.98 Å². The zero-order chi connectivity index (χ0) is 38.7. The summed E-state index contributed by atoms with van der Waals surface area (Å²) >= 11 is 14.0. The molecule has 0 bridgehead atoms. The van der Waals surface area contributed by atoms with Crippen molar-refractivity contribution in [2.45, 2.75) is 63.3 Å². The molecule has 0 spiro atoms. The maximum atomic E-state index is 12.3. The van der Waals surface area contributed by atoms with Gasteiger partial charge in [0, 0.05) is 43.3 Å². The smallest absolute Gasteiger partial charge is 0.310 e. The van der Waals surface area contributed by atoms with Crippen LogP contribution in [0.5, 0.6) is 11.8 Å². The fraction of sp³-hybridized carbons (Fsp3) is 0.395. The average Bonchev–Trinajstić information content (AvgIpc) is 4.06. The molecule has 4 aliphatic rings. The van der Waals surface area contributed by atoms with E-state index in [1.807, 2.05) is 36.4 Å². The van der Waals surface area contributed by atoms with E-state index in [9.17, 15) is 15.2 Å². The topological polar surface area (TPSA) is 134 Å². The fourth-order valence-corrected chi connectivity index (χ4v) is 9.79. The molecule has 2 aliphatic heterocycles. The summed E-state index contributed by atoms with van der Waals surface area (Å²) in [5.74, 6) is 0.803. The average molecular weight is 795 g/mol. The van der Waals surface area contributed by atoms with E-state index >= 15 is 0 Å². The molecule has 5 aromatic rings. The molecule has 2 fully saturated rings. The minimum atomic E-state index is -0.322. The lowest BCUT2D eigenvalue weighted by molar-refractivity contribution is -0.145. The van der Waals surface area contributed by atoms with Crippen molar-refractivity contribution in [3.63, 3.8) is 0 Å². The summed E-state index contributed by atoms with van der Waals surface area (Å²) in [6.07, 6.45) is 4.01. The highest BCUT2D eigenvalue weighted by atomic mass is 35.5. The van der Waals surface area contributed by atoms with Gasteiger partial charge in [-0.2, -0.15) is 10.2 Å². The van der Waals surface area contributed by atoms with Crippen LogP contribution in [0.25, 0.3) is 33.7 Å². The van der Waals surface area contributed by atoms with E-state index in [1.165, 1.54) is 7.11 Å². The highest BCUT2D eigenvalue weighted by molar-refractivity contribution is 6.36. The molecule has 1 unspecified atom stereocenters. The van der Waals surface area contributed by atoms with Gasteiger partial charge in [-0.1, -0.05) is 53.5 Å². The zero-order valence-electron chi connectivity index (χ0n) is 31.2. The SMILES string of the molecule is COC(=O)[C@@H]1CCN(C2CCc3c2cc2nc(-c4cccc(-c5cccc6c5CC[C@@H]6Oc5nc(OC)c(CN6CC[C@@H](O)C6)cc5Cl)c4Cl)oc2c3C#N)C1. The van der Waals surface area contributed by atoms with Crippen LogP contribution in [-0.4, -0.2) is 77.3 Å². The van der Waals surface area contributed by atoms with Gasteiger partial charge in [-0.3, -0.25) is 14.6 Å². The van der Waals surface area contributed by atoms with Crippen LogP contribution in [0.4, 0.5) is 0 Å². The van der Waals surface area contributed by atoms with Crippen molar-refractivity contribution >= 4 is 40.3 Å². The summed E-state index contributed by atoms with van der Waals surface area (Å²) in [6.45, 7) is 3.41. The normalized spacial score (nSPS) is 22.0. The van der Waals surface area contributed by atoms with Gasteiger partial charge in [0.25, 0.3) is 0 Å². The second-order valence-corrected chi connectivity index (χ2v) is 15.9. The Morgan fingerprint density at radius 3 is 2.54 bits per heavy atom. The Kier molecular flexibility index (Phi) is 9.88. The molecule has 2 aliphatic carbocycles. The molecule has 0 amide bonds. The molecule has 9 rings (SSSR count). The van der Waals surface area contributed by atoms with Gasteiger partial charge < -0.3 is 23.7 Å². The predicted molar refractivity (Wildman–Crippen MR) is 211 cm³/mol. The minimum Gasteiger partial charge on any atom is -0.481 e. The first kappa shape index (κ1) is 36.9. The van der Waals surface area contributed by atoms with Gasteiger partial charge >= 0.3 is 5.97 Å². The first-order valence-corrected chi connectivity index (χ1v) is 19.9. The molecule has 1 N–H and O–H groups in total. The number of esters is 1. The summed E-state index contributed by atoms with van der Waals surface area (Å²) in [5, 5.41) is 21.3. The van der Waals surface area contributed by atoms with Crippen LogP contribution in [0.1, 0.15) is 71.2 Å². The lowest BCUT2D eigenvalue weighted by Crippen LogP contribution is -2.27. The van der Waals surface area contributed by atoms with Crippen molar-refractivity contribution in [2.75, 3.05) is 40.4 Å². The van der Waals surface area contributed by atoms with Crippen molar-refractivity contribution in [3.8, 4) is 40.4 Å². The van der Waals surface area contributed by atoms with Crippen molar-refractivity contribution in [1.29, 1.82) is 5.26 Å². The lowest BCUT2D eigenvalue weighted by atomic mass is 9.95. The second kappa shape index (κ2) is 15.0. The molecule has 11 nitrogen and oxygen atoms in total. The Labute approximate surface area is 334 Å². The summed E-state index contributed by atoms with van der Waals surface area (Å²) < 4.78 is 23.6. The Bertz CT molecular complexity index is 2410. The van der Waals surface area contributed by atoms with Crippen LogP contribution in [0.2, 0.25) is 10.0 Å². The number of hydrogen-bond donors (Lipinski definition) is 1. The molecule has 2 saturated heterocycles. The predicted octanol–water partition coefficient (Wildman–Crippen LogP) is 7.86. The molecule has 0 saturated carbocycles. The third-order valence-corrected chi connectivity index (χ3v) is 12.6. The van der Waals surface area contributed by atoms with Crippen molar-refractivity contribution in [2.24, 2.45) is 5.92 Å².